The number of rotatable bonds is 0. The molecular formula is C5H6ClNO. The molecule has 44 valence electrons. The Hall–Kier alpha value is -0.500. The third-order valence-corrected chi connectivity index (χ3v) is 1.21. The average Bonchev–Trinajstić information content (AvgIpc) is 1.64. The summed E-state index contributed by atoms with van der Waals surface area (Å²) < 4.78 is 0. The molecule has 0 aliphatic carbocycles. The highest BCUT2D eigenvalue weighted by Gasteiger charge is 2.09. The number of nitrogens with one attached hydrogen (secondary N) is 1. The Morgan fingerprint density at radius 3 is 3.00 bits per heavy atom. The molecule has 0 spiro atoms. The van der Waals surface area contributed by atoms with Gasteiger partial charge in [0.05, 0.1) is 0 Å². The molecule has 1 atom stereocenters. The van der Waals surface area contributed by atoms with Gasteiger partial charge in [0.15, 0.2) is 5.78 Å². The number of hydrogen-bond donors (Lipinski definition) is 1. The molecule has 0 saturated carbocycles. The van der Waals surface area contributed by atoms with E-state index in [1.165, 1.54) is 6.08 Å². The highest BCUT2D eigenvalue weighted by molar-refractivity contribution is 6.22. The van der Waals surface area contributed by atoms with Crippen LogP contribution in [-0.4, -0.2) is 11.3 Å². The SMILES string of the molecule is O=C1C=CNC(Cl)C1. The van der Waals surface area contributed by atoms with Crippen LogP contribution in [0.5, 0.6) is 0 Å². The van der Waals surface area contributed by atoms with Crippen LogP contribution in [0.4, 0.5) is 0 Å². The number of allylic oxidation sites excluding steroid dienone is 1. The van der Waals surface area contributed by atoms with E-state index in [4.69, 9.17) is 11.6 Å². The van der Waals surface area contributed by atoms with Crippen molar-refractivity contribution in [2.45, 2.75) is 11.9 Å². The predicted octanol–water partition coefficient (Wildman–Crippen LogP) is 0.627. The molecule has 0 fully saturated rings. The largest absolute Gasteiger partial charge is 0.375 e. The monoisotopic (exact) mass is 131 g/mol. The molecule has 0 amide bonds. The van der Waals surface area contributed by atoms with E-state index in [2.05, 4.69) is 5.32 Å². The first-order chi connectivity index (χ1) is 3.79. The molecule has 1 heterocycles. The van der Waals surface area contributed by atoms with Crippen LogP contribution in [0.1, 0.15) is 6.42 Å². The van der Waals surface area contributed by atoms with E-state index >= 15 is 0 Å². The van der Waals surface area contributed by atoms with Crippen LogP contribution in [0.3, 0.4) is 0 Å². The van der Waals surface area contributed by atoms with Gasteiger partial charge in [0, 0.05) is 12.6 Å². The van der Waals surface area contributed by atoms with E-state index in [9.17, 15) is 4.79 Å². The molecule has 1 N–H and O–H groups in total. The van der Waals surface area contributed by atoms with E-state index in [0.29, 0.717) is 6.42 Å². The molecule has 0 radical (unpaired) electrons. The van der Waals surface area contributed by atoms with Crippen LogP contribution in [0.25, 0.3) is 0 Å². The molecule has 1 aliphatic heterocycles. The zero-order chi connectivity index (χ0) is 5.98. The molecule has 2 nitrogen and oxygen atoms in total. The van der Waals surface area contributed by atoms with E-state index in [-0.39, 0.29) is 11.3 Å². The van der Waals surface area contributed by atoms with Gasteiger partial charge in [0.2, 0.25) is 0 Å². The number of carbonyl (C=O) groups excluding carboxylic acids is 1. The summed E-state index contributed by atoms with van der Waals surface area (Å²) in [6.45, 7) is 0. The van der Waals surface area contributed by atoms with Crippen molar-refractivity contribution < 1.29 is 4.79 Å². The van der Waals surface area contributed by atoms with Gasteiger partial charge < -0.3 is 5.32 Å². The maximum Gasteiger partial charge on any atom is 0.160 e. The maximum absolute atomic E-state index is 10.5. The minimum atomic E-state index is -0.201. The van der Waals surface area contributed by atoms with Gasteiger partial charge in [0.25, 0.3) is 0 Å². The van der Waals surface area contributed by atoms with Gasteiger partial charge in [-0.3, -0.25) is 4.79 Å². The van der Waals surface area contributed by atoms with Crippen molar-refractivity contribution in [1.82, 2.24) is 5.32 Å². The number of halogens is 1. The van der Waals surface area contributed by atoms with Crippen molar-refractivity contribution >= 4 is 17.4 Å². The molecule has 0 aromatic heterocycles. The molecule has 0 aromatic carbocycles. The zero-order valence-electron chi connectivity index (χ0n) is 4.23. The summed E-state index contributed by atoms with van der Waals surface area (Å²) in [5.74, 6) is 0.0868. The molecule has 3 heteroatoms. The smallest absolute Gasteiger partial charge is 0.160 e. The molecule has 1 aliphatic rings. The van der Waals surface area contributed by atoms with Crippen molar-refractivity contribution in [3.8, 4) is 0 Å². The van der Waals surface area contributed by atoms with Crippen LogP contribution in [0.15, 0.2) is 12.3 Å². The molecule has 0 aromatic rings. The lowest BCUT2D eigenvalue weighted by Gasteiger charge is -2.10. The standard InChI is InChI=1S/C5H6ClNO/c6-5-3-4(8)1-2-7-5/h1-2,5,7H,3H2. The van der Waals surface area contributed by atoms with Crippen molar-refractivity contribution in [2.75, 3.05) is 0 Å². The van der Waals surface area contributed by atoms with Gasteiger partial charge in [-0.1, -0.05) is 11.6 Å². The van der Waals surface area contributed by atoms with E-state index in [1.54, 1.807) is 6.20 Å². The topological polar surface area (TPSA) is 29.1 Å². The fraction of sp³-hybridized carbons (Fsp3) is 0.400. The zero-order valence-corrected chi connectivity index (χ0v) is 4.98. The van der Waals surface area contributed by atoms with Crippen LogP contribution >= 0.6 is 11.6 Å². The van der Waals surface area contributed by atoms with Gasteiger partial charge in [0.1, 0.15) is 5.50 Å². The molecular weight excluding hydrogens is 126 g/mol. The van der Waals surface area contributed by atoms with Gasteiger partial charge in [-0.05, 0) is 6.08 Å². The van der Waals surface area contributed by atoms with Crippen LogP contribution in [-0.2, 0) is 4.79 Å². The fourth-order valence-electron chi connectivity index (χ4n) is 0.549. The summed E-state index contributed by atoms with van der Waals surface area (Å²) in [5.41, 5.74) is -0.201. The van der Waals surface area contributed by atoms with Crippen LogP contribution < -0.4 is 5.32 Å². The molecule has 0 saturated heterocycles. The Morgan fingerprint density at radius 1 is 1.88 bits per heavy atom. The maximum atomic E-state index is 10.5. The Bertz CT molecular complexity index is 132. The van der Waals surface area contributed by atoms with Crippen LogP contribution in [0.2, 0.25) is 0 Å². The summed E-state index contributed by atoms with van der Waals surface area (Å²) in [6.07, 6.45) is 3.46. The molecule has 1 unspecified atom stereocenters. The summed E-state index contributed by atoms with van der Waals surface area (Å²) in [5, 5.41) is 2.78. The van der Waals surface area contributed by atoms with E-state index < -0.39 is 0 Å². The second kappa shape index (κ2) is 2.18. The Balaban J connectivity index is 2.54. The van der Waals surface area contributed by atoms with Crippen molar-refractivity contribution in [2.24, 2.45) is 0 Å². The Morgan fingerprint density at radius 2 is 2.62 bits per heavy atom. The first-order valence-electron chi connectivity index (χ1n) is 2.38. The second-order valence-corrected chi connectivity index (χ2v) is 2.16. The Kier molecular flexibility index (Phi) is 1.53. The summed E-state index contributed by atoms with van der Waals surface area (Å²) in [7, 11) is 0. The Labute approximate surface area is 52.5 Å². The molecule has 8 heavy (non-hydrogen) atoms. The second-order valence-electron chi connectivity index (χ2n) is 1.64. The summed E-state index contributed by atoms with van der Waals surface area (Å²) in [6, 6.07) is 0. The predicted molar refractivity (Wildman–Crippen MR) is 31.5 cm³/mol. The molecule has 1 rings (SSSR count). The first kappa shape index (κ1) is 5.63. The number of ketones is 1. The number of carbonyl (C=O) groups is 1. The first-order valence-corrected chi connectivity index (χ1v) is 2.82. The van der Waals surface area contributed by atoms with Crippen molar-refractivity contribution in [1.29, 1.82) is 0 Å². The fourth-order valence-corrected chi connectivity index (χ4v) is 0.774. The highest BCUT2D eigenvalue weighted by atomic mass is 35.5. The van der Waals surface area contributed by atoms with Gasteiger partial charge in [-0.2, -0.15) is 0 Å². The minimum absolute atomic E-state index is 0.0868. The minimum Gasteiger partial charge on any atom is -0.375 e. The van der Waals surface area contributed by atoms with E-state index in [0.717, 1.165) is 0 Å². The third kappa shape index (κ3) is 1.23. The lowest BCUT2D eigenvalue weighted by Crippen LogP contribution is -2.24. The normalized spacial score (nSPS) is 27.6. The van der Waals surface area contributed by atoms with Gasteiger partial charge in [-0.25, -0.2) is 0 Å². The van der Waals surface area contributed by atoms with Crippen molar-refractivity contribution in [3.05, 3.63) is 12.3 Å². The lowest BCUT2D eigenvalue weighted by atomic mass is 10.2. The average molecular weight is 132 g/mol. The summed E-state index contributed by atoms with van der Waals surface area (Å²) in [4.78, 5) is 10.5. The number of alkyl halides is 1. The summed E-state index contributed by atoms with van der Waals surface area (Å²) >= 11 is 5.53. The highest BCUT2D eigenvalue weighted by Crippen LogP contribution is 2.03. The van der Waals surface area contributed by atoms with Crippen molar-refractivity contribution in [3.63, 3.8) is 0 Å². The quantitative estimate of drug-likeness (QED) is 0.386. The van der Waals surface area contributed by atoms with Crippen LogP contribution in [0, 0.1) is 0 Å². The molecule has 0 bridgehead atoms. The van der Waals surface area contributed by atoms with Gasteiger partial charge >= 0.3 is 0 Å². The third-order valence-electron chi connectivity index (χ3n) is 0.927. The number of hydrogen-bond acceptors (Lipinski definition) is 2. The van der Waals surface area contributed by atoms with E-state index in [1.807, 2.05) is 0 Å². The lowest BCUT2D eigenvalue weighted by molar-refractivity contribution is -0.115. The van der Waals surface area contributed by atoms with Gasteiger partial charge in [-0.15, -0.1) is 0 Å².